The Bertz CT molecular complexity index is 381. The summed E-state index contributed by atoms with van der Waals surface area (Å²) in [5.41, 5.74) is 1.30. The third kappa shape index (κ3) is 4.80. The fourth-order valence-corrected chi connectivity index (χ4v) is 2.51. The van der Waals surface area contributed by atoms with Crippen LogP contribution in [0, 0.1) is 0 Å². The summed E-state index contributed by atoms with van der Waals surface area (Å²) in [7, 11) is 1.72. The standard InChI is InChI=1S/C17H30N2O/c1-6-14(4)19(8-3)13-17(18-7-2)15-10-9-11-16(12-15)20-5/h9-12,14,17-18H,6-8,13H2,1-5H3. The number of nitrogens with one attached hydrogen (secondary N) is 1. The van der Waals surface area contributed by atoms with Crippen LogP contribution in [0.25, 0.3) is 0 Å². The molecule has 0 aromatic heterocycles. The highest BCUT2D eigenvalue weighted by Gasteiger charge is 2.18. The number of likely N-dealkylation sites (N-methyl/N-ethyl adjacent to an activating group) is 2. The van der Waals surface area contributed by atoms with Gasteiger partial charge >= 0.3 is 0 Å². The molecular weight excluding hydrogens is 248 g/mol. The van der Waals surface area contributed by atoms with Gasteiger partial charge in [0, 0.05) is 18.6 Å². The number of benzene rings is 1. The summed E-state index contributed by atoms with van der Waals surface area (Å²) in [4.78, 5) is 2.53. The van der Waals surface area contributed by atoms with Crippen molar-refractivity contribution >= 4 is 0 Å². The second-order valence-electron chi connectivity index (χ2n) is 5.23. The summed E-state index contributed by atoms with van der Waals surface area (Å²) < 4.78 is 5.34. The molecule has 3 heteroatoms. The fourth-order valence-electron chi connectivity index (χ4n) is 2.51. The van der Waals surface area contributed by atoms with Crippen molar-refractivity contribution < 1.29 is 4.74 Å². The lowest BCUT2D eigenvalue weighted by Gasteiger charge is -2.31. The molecule has 1 aromatic carbocycles. The Kier molecular flexibility index (Phi) is 7.63. The van der Waals surface area contributed by atoms with Crippen LogP contribution in [0.2, 0.25) is 0 Å². The Labute approximate surface area is 124 Å². The van der Waals surface area contributed by atoms with Crippen molar-refractivity contribution in [1.29, 1.82) is 0 Å². The molecule has 1 rings (SSSR count). The quantitative estimate of drug-likeness (QED) is 0.748. The van der Waals surface area contributed by atoms with E-state index in [2.05, 4.69) is 56.1 Å². The van der Waals surface area contributed by atoms with E-state index in [4.69, 9.17) is 4.74 Å². The Morgan fingerprint density at radius 2 is 2.00 bits per heavy atom. The van der Waals surface area contributed by atoms with Crippen LogP contribution in [0.4, 0.5) is 0 Å². The minimum absolute atomic E-state index is 0.351. The van der Waals surface area contributed by atoms with Gasteiger partial charge in [0.1, 0.15) is 5.75 Å². The monoisotopic (exact) mass is 278 g/mol. The van der Waals surface area contributed by atoms with E-state index in [1.165, 1.54) is 12.0 Å². The van der Waals surface area contributed by atoms with Crippen LogP contribution in [0.5, 0.6) is 5.75 Å². The summed E-state index contributed by atoms with van der Waals surface area (Å²) >= 11 is 0. The molecule has 0 bridgehead atoms. The molecule has 114 valence electrons. The number of ether oxygens (including phenoxy) is 1. The first-order chi connectivity index (χ1) is 9.65. The maximum Gasteiger partial charge on any atom is 0.119 e. The van der Waals surface area contributed by atoms with Gasteiger partial charge in [-0.15, -0.1) is 0 Å². The molecule has 3 nitrogen and oxygen atoms in total. The van der Waals surface area contributed by atoms with Crippen molar-refractivity contribution in [3.8, 4) is 5.75 Å². The van der Waals surface area contributed by atoms with Crippen LogP contribution in [0.3, 0.4) is 0 Å². The van der Waals surface area contributed by atoms with Gasteiger partial charge in [-0.25, -0.2) is 0 Å². The van der Waals surface area contributed by atoms with E-state index < -0.39 is 0 Å². The fraction of sp³-hybridized carbons (Fsp3) is 0.647. The Morgan fingerprint density at radius 1 is 1.25 bits per heavy atom. The lowest BCUT2D eigenvalue weighted by molar-refractivity contribution is 0.192. The molecule has 1 aromatic rings. The van der Waals surface area contributed by atoms with Crippen LogP contribution < -0.4 is 10.1 Å². The van der Waals surface area contributed by atoms with E-state index in [0.29, 0.717) is 12.1 Å². The molecule has 0 radical (unpaired) electrons. The molecule has 0 saturated heterocycles. The van der Waals surface area contributed by atoms with Crippen LogP contribution in [0.1, 0.15) is 45.7 Å². The van der Waals surface area contributed by atoms with E-state index >= 15 is 0 Å². The van der Waals surface area contributed by atoms with Crippen LogP contribution in [-0.4, -0.2) is 37.7 Å². The summed E-state index contributed by atoms with van der Waals surface area (Å²) in [5, 5.41) is 3.60. The lowest BCUT2D eigenvalue weighted by atomic mass is 10.0. The highest BCUT2D eigenvalue weighted by Crippen LogP contribution is 2.21. The van der Waals surface area contributed by atoms with Gasteiger partial charge in [0.15, 0.2) is 0 Å². The third-order valence-corrected chi connectivity index (χ3v) is 3.98. The molecule has 0 amide bonds. The predicted molar refractivity (Wildman–Crippen MR) is 86.4 cm³/mol. The maximum atomic E-state index is 5.34. The zero-order chi connectivity index (χ0) is 15.0. The van der Waals surface area contributed by atoms with Gasteiger partial charge in [-0.3, -0.25) is 4.90 Å². The van der Waals surface area contributed by atoms with E-state index in [0.717, 1.165) is 25.4 Å². The molecule has 2 unspecified atom stereocenters. The van der Waals surface area contributed by atoms with Crippen molar-refractivity contribution in [1.82, 2.24) is 10.2 Å². The highest BCUT2D eigenvalue weighted by molar-refractivity contribution is 5.30. The average molecular weight is 278 g/mol. The molecule has 1 N–H and O–H groups in total. The molecule has 2 atom stereocenters. The molecular formula is C17H30N2O. The number of hydrogen-bond donors (Lipinski definition) is 1. The van der Waals surface area contributed by atoms with Crippen LogP contribution >= 0.6 is 0 Å². The molecule has 20 heavy (non-hydrogen) atoms. The Morgan fingerprint density at radius 3 is 2.55 bits per heavy atom. The van der Waals surface area contributed by atoms with Gasteiger partial charge < -0.3 is 10.1 Å². The van der Waals surface area contributed by atoms with Crippen molar-refractivity contribution in [2.24, 2.45) is 0 Å². The SMILES string of the molecule is CCNC(CN(CC)C(C)CC)c1cccc(OC)c1. The van der Waals surface area contributed by atoms with Crippen molar-refractivity contribution in [2.75, 3.05) is 26.7 Å². The smallest absolute Gasteiger partial charge is 0.119 e. The predicted octanol–water partition coefficient (Wildman–Crippen LogP) is 3.47. The van der Waals surface area contributed by atoms with E-state index in [1.54, 1.807) is 7.11 Å². The number of hydrogen-bond acceptors (Lipinski definition) is 3. The normalized spacial score (nSPS) is 14.3. The second kappa shape index (κ2) is 8.98. The average Bonchev–Trinajstić information content (AvgIpc) is 2.50. The van der Waals surface area contributed by atoms with Gasteiger partial charge in [0.05, 0.1) is 7.11 Å². The number of rotatable bonds is 9. The molecule has 0 spiro atoms. The molecule has 0 saturated carbocycles. The van der Waals surface area contributed by atoms with E-state index in [-0.39, 0.29) is 0 Å². The highest BCUT2D eigenvalue weighted by atomic mass is 16.5. The summed E-state index contributed by atoms with van der Waals surface area (Å²) in [6, 6.07) is 9.35. The van der Waals surface area contributed by atoms with Gasteiger partial charge in [0.25, 0.3) is 0 Å². The third-order valence-electron chi connectivity index (χ3n) is 3.98. The minimum Gasteiger partial charge on any atom is -0.497 e. The van der Waals surface area contributed by atoms with Crippen LogP contribution in [0.15, 0.2) is 24.3 Å². The largest absolute Gasteiger partial charge is 0.497 e. The number of methoxy groups -OCH3 is 1. The van der Waals surface area contributed by atoms with Crippen molar-refractivity contribution in [2.45, 2.75) is 46.2 Å². The summed E-state index contributed by atoms with van der Waals surface area (Å²) in [5.74, 6) is 0.928. The van der Waals surface area contributed by atoms with E-state index in [9.17, 15) is 0 Å². The first-order valence-electron chi connectivity index (χ1n) is 7.77. The molecule has 0 aliphatic heterocycles. The van der Waals surface area contributed by atoms with Gasteiger partial charge in [-0.05, 0) is 44.1 Å². The summed E-state index contributed by atoms with van der Waals surface area (Å²) in [6.07, 6.45) is 1.19. The zero-order valence-corrected chi connectivity index (χ0v) is 13.6. The van der Waals surface area contributed by atoms with Crippen LogP contribution in [-0.2, 0) is 0 Å². The molecule has 0 fully saturated rings. The zero-order valence-electron chi connectivity index (χ0n) is 13.6. The Hall–Kier alpha value is -1.06. The molecule has 0 aliphatic rings. The maximum absolute atomic E-state index is 5.34. The van der Waals surface area contributed by atoms with E-state index in [1.807, 2.05) is 6.07 Å². The van der Waals surface area contributed by atoms with Gasteiger partial charge in [-0.2, -0.15) is 0 Å². The second-order valence-corrected chi connectivity index (χ2v) is 5.23. The molecule has 0 aliphatic carbocycles. The van der Waals surface area contributed by atoms with Crippen molar-refractivity contribution in [3.63, 3.8) is 0 Å². The minimum atomic E-state index is 0.351. The topological polar surface area (TPSA) is 24.5 Å². The van der Waals surface area contributed by atoms with Crippen molar-refractivity contribution in [3.05, 3.63) is 29.8 Å². The lowest BCUT2D eigenvalue weighted by Crippen LogP contribution is -2.40. The number of nitrogens with zero attached hydrogens (tertiary/aromatic N) is 1. The van der Waals surface area contributed by atoms with Gasteiger partial charge in [-0.1, -0.05) is 32.9 Å². The molecule has 0 heterocycles. The first-order valence-corrected chi connectivity index (χ1v) is 7.77. The van der Waals surface area contributed by atoms with Gasteiger partial charge in [0.2, 0.25) is 0 Å². The first kappa shape index (κ1) is 17.0. The Balaban J connectivity index is 2.86. The summed E-state index contributed by atoms with van der Waals surface area (Å²) in [6.45, 7) is 12.0.